The fourth-order valence-electron chi connectivity index (χ4n) is 14.9. The molecule has 0 aliphatic rings. The van der Waals surface area contributed by atoms with E-state index < -0.39 is 0 Å². The van der Waals surface area contributed by atoms with Crippen LogP contribution in [0.3, 0.4) is 0 Å². The summed E-state index contributed by atoms with van der Waals surface area (Å²) in [6.45, 7) is 0. The van der Waals surface area contributed by atoms with Crippen molar-refractivity contribution in [1.29, 1.82) is 0 Å². The largest absolute Gasteiger partial charge is 0.309 e. The van der Waals surface area contributed by atoms with Gasteiger partial charge >= 0.3 is 0 Å². The Balaban J connectivity index is 1.04. The molecular formula is C84H52N2. The zero-order valence-electron chi connectivity index (χ0n) is 46.9. The van der Waals surface area contributed by atoms with Gasteiger partial charge in [-0.1, -0.05) is 267 Å². The molecule has 0 aliphatic heterocycles. The van der Waals surface area contributed by atoms with Gasteiger partial charge in [-0.2, -0.15) is 0 Å². The smallest absolute Gasteiger partial charge is 0.0619 e. The number of hydrogen-bond donors (Lipinski definition) is 0. The van der Waals surface area contributed by atoms with Crippen LogP contribution in [0.5, 0.6) is 0 Å². The second-order valence-corrected chi connectivity index (χ2v) is 22.9. The van der Waals surface area contributed by atoms with Crippen molar-refractivity contribution < 1.29 is 0 Å². The lowest BCUT2D eigenvalue weighted by Crippen LogP contribution is -1.97. The summed E-state index contributed by atoms with van der Waals surface area (Å²) in [5.41, 5.74) is 19.0. The van der Waals surface area contributed by atoms with Crippen LogP contribution >= 0.6 is 0 Å². The van der Waals surface area contributed by atoms with Crippen molar-refractivity contribution in [3.05, 3.63) is 315 Å². The van der Waals surface area contributed by atoms with Gasteiger partial charge in [-0.25, -0.2) is 0 Å². The lowest BCUT2D eigenvalue weighted by molar-refractivity contribution is 1.18. The Morgan fingerprint density at radius 2 is 0.419 bits per heavy atom. The molecule has 18 aromatic rings. The molecule has 0 aliphatic carbocycles. The number of rotatable bonds is 7. The predicted molar refractivity (Wildman–Crippen MR) is 367 cm³/mol. The Morgan fingerprint density at radius 1 is 0.163 bits per heavy atom. The van der Waals surface area contributed by atoms with Gasteiger partial charge in [0.25, 0.3) is 0 Å². The van der Waals surface area contributed by atoms with E-state index in [1.165, 1.54) is 164 Å². The topological polar surface area (TPSA) is 9.86 Å². The van der Waals surface area contributed by atoms with E-state index in [1.54, 1.807) is 0 Å². The number of para-hydroxylation sites is 6. The Hall–Kier alpha value is -11.3. The Kier molecular flexibility index (Phi) is 10.7. The molecule has 0 saturated heterocycles. The first-order valence-electron chi connectivity index (χ1n) is 29.8. The first-order chi connectivity index (χ1) is 42.7. The average Bonchev–Trinajstić information content (AvgIpc) is 1.07. The van der Waals surface area contributed by atoms with Crippen LogP contribution in [0.2, 0.25) is 0 Å². The molecule has 2 nitrogen and oxygen atoms in total. The quantitative estimate of drug-likeness (QED) is 0.141. The fourth-order valence-corrected chi connectivity index (χ4v) is 14.9. The molecule has 0 unspecified atom stereocenters. The summed E-state index contributed by atoms with van der Waals surface area (Å²) in [6.07, 6.45) is 0. The van der Waals surface area contributed by atoms with E-state index in [0.29, 0.717) is 0 Å². The van der Waals surface area contributed by atoms with Gasteiger partial charge in [-0.05, 0) is 158 Å². The van der Waals surface area contributed by atoms with Crippen LogP contribution in [0.1, 0.15) is 0 Å². The van der Waals surface area contributed by atoms with Crippen molar-refractivity contribution in [3.63, 3.8) is 0 Å². The zero-order valence-corrected chi connectivity index (χ0v) is 46.9. The maximum Gasteiger partial charge on any atom is 0.0619 e. The monoisotopic (exact) mass is 1090 g/mol. The summed E-state index contributed by atoms with van der Waals surface area (Å²) in [7, 11) is 0. The van der Waals surface area contributed by atoms with Crippen molar-refractivity contribution in [2.75, 3.05) is 0 Å². The zero-order chi connectivity index (χ0) is 56.4. The summed E-state index contributed by atoms with van der Waals surface area (Å²) in [4.78, 5) is 0. The van der Waals surface area contributed by atoms with E-state index >= 15 is 0 Å². The minimum atomic E-state index is 1.13. The molecule has 0 bridgehead atoms. The maximum atomic E-state index is 2.54. The fraction of sp³-hybridized carbons (Fsp3) is 0. The lowest BCUT2D eigenvalue weighted by atomic mass is 9.81. The summed E-state index contributed by atoms with van der Waals surface area (Å²) in [6, 6.07) is 118. The molecule has 18 rings (SSSR count). The molecule has 0 spiro atoms. The van der Waals surface area contributed by atoms with Crippen LogP contribution in [-0.2, 0) is 0 Å². The predicted octanol–water partition coefficient (Wildman–Crippen LogP) is 23.1. The highest BCUT2D eigenvalue weighted by molar-refractivity contribution is 6.30. The van der Waals surface area contributed by atoms with Gasteiger partial charge in [0, 0.05) is 44.0 Å². The minimum Gasteiger partial charge on any atom is -0.309 e. The maximum absolute atomic E-state index is 2.54. The van der Waals surface area contributed by atoms with Gasteiger partial charge in [-0.3, -0.25) is 0 Å². The third-order valence-corrected chi connectivity index (χ3v) is 18.5. The van der Waals surface area contributed by atoms with Crippen LogP contribution in [-0.4, -0.2) is 9.13 Å². The minimum absolute atomic E-state index is 1.13. The number of benzene rings is 16. The molecule has 0 saturated carbocycles. The van der Waals surface area contributed by atoms with Gasteiger partial charge in [-0.15, -0.1) is 0 Å². The van der Waals surface area contributed by atoms with E-state index in [9.17, 15) is 0 Å². The Morgan fingerprint density at radius 3 is 0.802 bits per heavy atom. The highest BCUT2D eigenvalue weighted by Crippen LogP contribution is 2.52. The van der Waals surface area contributed by atoms with Crippen molar-refractivity contribution in [2.24, 2.45) is 0 Å². The number of nitrogens with zero attached hydrogens (tertiary/aromatic N) is 2. The first-order valence-corrected chi connectivity index (χ1v) is 29.8. The Labute approximate surface area is 496 Å². The molecule has 0 amide bonds. The first kappa shape index (κ1) is 48.2. The van der Waals surface area contributed by atoms with E-state index in [0.717, 1.165) is 11.4 Å². The third-order valence-electron chi connectivity index (χ3n) is 18.5. The lowest BCUT2D eigenvalue weighted by Gasteiger charge is -2.22. The molecule has 0 atom stereocenters. The van der Waals surface area contributed by atoms with Crippen LogP contribution in [0, 0.1) is 0 Å². The van der Waals surface area contributed by atoms with Gasteiger partial charge < -0.3 is 9.13 Å². The molecule has 398 valence electrons. The van der Waals surface area contributed by atoms with Gasteiger partial charge in [0.15, 0.2) is 0 Å². The highest BCUT2D eigenvalue weighted by Gasteiger charge is 2.26. The van der Waals surface area contributed by atoms with E-state index in [-0.39, 0.29) is 0 Å². The van der Waals surface area contributed by atoms with Crippen molar-refractivity contribution in [1.82, 2.24) is 9.13 Å². The van der Waals surface area contributed by atoms with Crippen molar-refractivity contribution in [3.8, 4) is 67.0 Å². The SMILES string of the molecule is c1ccc(-n2c3ccccc3c3cccc(-c4cccc5c(-c6c7cccc(-c8cccc9ccccc89)c7cc7c(-c8cccc9ccccc89)cccc67)c6cccc(-c7cccc8c9ccccc9n(-c9ccccc9)c78)c6cc45)c32)cc1. The van der Waals surface area contributed by atoms with Crippen molar-refractivity contribution in [2.45, 2.75) is 0 Å². The molecule has 86 heavy (non-hydrogen) atoms. The molecule has 0 fully saturated rings. The second-order valence-electron chi connectivity index (χ2n) is 22.9. The normalized spacial score (nSPS) is 12.0. The molecule has 16 aromatic carbocycles. The highest BCUT2D eigenvalue weighted by atomic mass is 15.0. The van der Waals surface area contributed by atoms with Crippen LogP contribution in [0.25, 0.3) is 175 Å². The van der Waals surface area contributed by atoms with E-state index in [2.05, 4.69) is 325 Å². The molecular weight excluding hydrogens is 1040 g/mol. The summed E-state index contributed by atoms with van der Waals surface area (Å²) in [5.74, 6) is 0. The third kappa shape index (κ3) is 7.14. The molecule has 2 aromatic heterocycles. The summed E-state index contributed by atoms with van der Waals surface area (Å²) < 4.78 is 4.97. The number of aromatic nitrogens is 2. The summed E-state index contributed by atoms with van der Waals surface area (Å²) >= 11 is 0. The van der Waals surface area contributed by atoms with Crippen LogP contribution in [0.15, 0.2) is 315 Å². The molecule has 0 N–H and O–H groups in total. The number of hydrogen-bond acceptors (Lipinski definition) is 0. The number of fused-ring (bicyclic) bond motifs is 12. The van der Waals surface area contributed by atoms with Crippen molar-refractivity contribution >= 4 is 108 Å². The van der Waals surface area contributed by atoms with E-state index in [1.807, 2.05) is 0 Å². The van der Waals surface area contributed by atoms with Gasteiger partial charge in [0.1, 0.15) is 0 Å². The van der Waals surface area contributed by atoms with Gasteiger partial charge in [0.05, 0.1) is 22.1 Å². The molecule has 2 heterocycles. The summed E-state index contributed by atoms with van der Waals surface area (Å²) in [5, 5.41) is 19.5. The van der Waals surface area contributed by atoms with Gasteiger partial charge in [0.2, 0.25) is 0 Å². The van der Waals surface area contributed by atoms with Crippen LogP contribution in [0.4, 0.5) is 0 Å². The standard InChI is InChI=1S/C84H52N2/c1-3-27-55(28-4-1)85-79-49-13-11-33-65(79)73-47-21-45-71(83(73)85)63-39-19-43-69-77(63)52-78-64(72-46-22-48-74-66-34-12-14-50-80(66)86(84(72)74)56-29-5-2-6-30-56)40-20-44-70(78)82(69)81-67-41-17-37-61(59-35-15-25-53-23-7-9-31-57(53)59)75(67)51-76-62(38-18-42-68(76)81)60-36-16-26-54-24-8-10-32-58(54)60/h1-52H. The second kappa shape index (κ2) is 19.1. The Bertz CT molecular complexity index is 5460. The average molecular weight is 1090 g/mol. The molecule has 0 radical (unpaired) electrons. The molecule has 2 heteroatoms. The van der Waals surface area contributed by atoms with E-state index in [4.69, 9.17) is 0 Å². The van der Waals surface area contributed by atoms with Crippen LogP contribution < -0.4 is 0 Å².